The Morgan fingerprint density at radius 3 is 2.58 bits per heavy atom. The van der Waals surface area contributed by atoms with E-state index in [1.54, 1.807) is 18.2 Å². The van der Waals surface area contributed by atoms with Crippen molar-refractivity contribution >= 4 is 52.5 Å². The molecule has 0 saturated heterocycles. The first-order valence-corrected chi connectivity index (χ1v) is 11.9. The van der Waals surface area contributed by atoms with Crippen molar-refractivity contribution in [3.8, 4) is 0 Å². The maximum atomic E-state index is 12.3. The van der Waals surface area contributed by atoms with Crippen LogP contribution in [0.25, 0.3) is 0 Å². The van der Waals surface area contributed by atoms with Crippen molar-refractivity contribution in [3.63, 3.8) is 0 Å². The van der Waals surface area contributed by atoms with E-state index < -0.39 is 0 Å². The van der Waals surface area contributed by atoms with E-state index in [0.29, 0.717) is 46.1 Å². The Morgan fingerprint density at radius 2 is 1.88 bits per heavy atom. The molecular weight excluding hydrogens is 481 g/mol. The molecule has 172 valence electrons. The van der Waals surface area contributed by atoms with Gasteiger partial charge >= 0.3 is 0 Å². The lowest BCUT2D eigenvalue weighted by Crippen LogP contribution is -2.26. The molecule has 1 aromatic heterocycles. The van der Waals surface area contributed by atoms with E-state index in [1.165, 1.54) is 17.8 Å². The number of nitrogens with zero attached hydrogens (tertiary/aromatic N) is 3. The van der Waals surface area contributed by atoms with Crippen LogP contribution in [0.15, 0.2) is 60.3 Å². The lowest BCUT2D eigenvalue weighted by molar-refractivity contribution is -0.113. The predicted octanol–water partition coefficient (Wildman–Crippen LogP) is 4.78. The Kier molecular flexibility index (Phi) is 8.94. The second-order valence-corrected chi connectivity index (χ2v) is 8.89. The molecule has 2 amide bonds. The van der Waals surface area contributed by atoms with Crippen LogP contribution in [0.1, 0.15) is 21.7 Å². The Balaban J connectivity index is 1.55. The van der Waals surface area contributed by atoms with Gasteiger partial charge in [-0.1, -0.05) is 58.7 Å². The van der Waals surface area contributed by atoms with Crippen molar-refractivity contribution in [1.82, 2.24) is 20.1 Å². The molecule has 0 aliphatic heterocycles. The maximum Gasteiger partial charge on any atom is 0.251 e. The zero-order chi connectivity index (χ0) is 23.8. The first-order valence-electron chi connectivity index (χ1n) is 10.1. The highest BCUT2D eigenvalue weighted by atomic mass is 35.5. The third-order valence-electron chi connectivity index (χ3n) is 4.59. The van der Waals surface area contributed by atoms with E-state index in [0.717, 1.165) is 11.3 Å². The van der Waals surface area contributed by atoms with Gasteiger partial charge in [-0.3, -0.25) is 9.59 Å². The van der Waals surface area contributed by atoms with Crippen molar-refractivity contribution in [1.29, 1.82) is 0 Å². The Bertz CT molecular complexity index is 1150. The highest BCUT2D eigenvalue weighted by Crippen LogP contribution is 2.22. The highest BCUT2D eigenvalue weighted by molar-refractivity contribution is 7.99. The van der Waals surface area contributed by atoms with Crippen LogP contribution in [0.4, 0.5) is 5.69 Å². The number of carbonyl (C=O) groups is 2. The zero-order valence-corrected chi connectivity index (χ0v) is 20.3. The molecule has 2 N–H and O–H groups in total. The summed E-state index contributed by atoms with van der Waals surface area (Å²) in [4.78, 5) is 24.6. The number of hydrogen-bond acceptors (Lipinski definition) is 5. The van der Waals surface area contributed by atoms with Gasteiger partial charge in [-0.25, -0.2) is 0 Å². The summed E-state index contributed by atoms with van der Waals surface area (Å²) in [6, 6.07) is 12.3. The van der Waals surface area contributed by atoms with Gasteiger partial charge in [0.2, 0.25) is 5.91 Å². The Labute approximate surface area is 206 Å². The van der Waals surface area contributed by atoms with Gasteiger partial charge in [0.15, 0.2) is 5.16 Å². The van der Waals surface area contributed by atoms with Crippen molar-refractivity contribution in [2.24, 2.45) is 0 Å². The number of carbonyl (C=O) groups excluding carboxylic acids is 2. The number of benzene rings is 2. The monoisotopic (exact) mass is 503 g/mol. The van der Waals surface area contributed by atoms with Crippen LogP contribution >= 0.6 is 35.0 Å². The zero-order valence-electron chi connectivity index (χ0n) is 18.0. The van der Waals surface area contributed by atoms with Crippen LogP contribution in [-0.4, -0.2) is 38.9 Å². The number of aryl methyl sites for hydroxylation is 1. The molecule has 1 heterocycles. The number of thioether (sulfide) groups is 1. The summed E-state index contributed by atoms with van der Waals surface area (Å²) in [5, 5.41) is 15.5. The van der Waals surface area contributed by atoms with E-state index in [2.05, 4.69) is 27.4 Å². The van der Waals surface area contributed by atoms with Gasteiger partial charge in [0.05, 0.1) is 15.8 Å². The number of allylic oxidation sites excluding steroid dienone is 1. The molecule has 0 saturated carbocycles. The molecule has 10 heteroatoms. The number of anilines is 1. The summed E-state index contributed by atoms with van der Waals surface area (Å²) in [6.07, 6.45) is 2.20. The van der Waals surface area contributed by atoms with E-state index in [9.17, 15) is 9.59 Å². The minimum absolute atomic E-state index is 0.132. The van der Waals surface area contributed by atoms with Crippen molar-refractivity contribution in [3.05, 3.63) is 82.1 Å². The Hall–Kier alpha value is -2.81. The normalized spacial score (nSPS) is 10.6. The minimum atomic E-state index is -0.259. The van der Waals surface area contributed by atoms with E-state index in [1.807, 2.05) is 35.8 Å². The fraction of sp³-hybridized carbons (Fsp3) is 0.217. The number of rotatable bonds is 10. The molecule has 0 fully saturated rings. The van der Waals surface area contributed by atoms with Gasteiger partial charge in [0, 0.05) is 30.8 Å². The quantitative estimate of drug-likeness (QED) is 0.306. The fourth-order valence-corrected chi connectivity index (χ4v) is 3.98. The topological polar surface area (TPSA) is 88.9 Å². The van der Waals surface area contributed by atoms with Crippen LogP contribution in [0.5, 0.6) is 0 Å². The SMILES string of the molecule is C=CCn1c(CCNC(=O)c2ccc(Cl)c(Cl)c2)nnc1SCC(=O)Nc1ccc(C)cc1. The first kappa shape index (κ1) is 24.8. The van der Waals surface area contributed by atoms with Gasteiger partial charge in [0.1, 0.15) is 5.82 Å². The molecular formula is C23H23Cl2N5O2S. The number of aromatic nitrogens is 3. The first-order chi connectivity index (χ1) is 15.9. The van der Waals surface area contributed by atoms with Crippen LogP contribution in [0.2, 0.25) is 10.0 Å². The van der Waals surface area contributed by atoms with Gasteiger partial charge < -0.3 is 15.2 Å². The molecule has 0 radical (unpaired) electrons. The largest absolute Gasteiger partial charge is 0.352 e. The molecule has 0 spiro atoms. The van der Waals surface area contributed by atoms with Crippen molar-refractivity contribution in [2.45, 2.75) is 25.0 Å². The van der Waals surface area contributed by atoms with Crippen LogP contribution in [-0.2, 0) is 17.8 Å². The summed E-state index contributed by atoms with van der Waals surface area (Å²) >= 11 is 13.2. The average molecular weight is 504 g/mol. The predicted molar refractivity (Wildman–Crippen MR) is 133 cm³/mol. The summed E-state index contributed by atoms with van der Waals surface area (Å²) in [5.74, 6) is 0.487. The second-order valence-electron chi connectivity index (χ2n) is 7.14. The van der Waals surface area contributed by atoms with Crippen LogP contribution in [0.3, 0.4) is 0 Å². The minimum Gasteiger partial charge on any atom is -0.352 e. The summed E-state index contributed by atoms with van der Waals surface area (Å²) in [6.45, 7) is 6.62. The molecule has 7 nitrogen and oxygen atoms in total. The third kappa shape index (κ3) is 7.08. The smallest absolute Gasteiger partial charge is 0.251 e. The summed E-state index contributed by atoms with van der Waals surface area (Å²) in [7, 11) is 0. The Morgan fingerprint density at radius 1 is 1.12 bits per heavy atom. The lowest BCUT2D eigenvalue weighted by Gasteiger charge is -2.09. The van der Waals surface area contributed by atoms with E-state index in [-0.39, 0.29) is 17.6 Å². The van der Waals surface area contributed by atoms with Crippen molar-refractivity contribution < 1.29 is 9.59 Å². The number of nitrogens with one attached hydrogen (secondary N) is 2. The van der Waals surface area contributed by atoms with Gasteiger partial charge in [-0.2, -0.15) is 0 Å². The summed E-state index contributed by atoms with van der Waals surface area (Å²) in [5.41, 5.74) is 2.30. The molecule has 0 unspecified atom stereocenters. The number of hydrogen-bond donors (Lipinski definition) is 2. The molecule has 33 heavy (non-hydrogen) atoms. The molecule has 0 atom stereocenters. The molecule has 0 bridgehead atoms. The number of halogens is 2. The summed E-state index contributed by atoms with van der Waals surface area (Å²) < 4.78 is 1.88. The van der Waals surface area contributed by atoms with E-state index in [4.69, 9.17) is 23.2 Å². The van der Waals surface area contributed by atoms with Crippen LogP contribution in [0, 0.1) is 6.92 Å². The molecule has 3 rings (SSSR count). The highest BCUT2D eigenvalue weighted by Gasteiger charge is 2.14. The lowest BCUT2D eigenvalue weighted by atomic mass is 10.2. The van der Waals surface area contributed by atoms with Crippen LogP contribution < -0.4 is 10.6 Å². The molecule has 0 aliphatic rings. The average Bonchev–Trinajstić information content (AvgIpc) is 3.17. The third-order valence-corrected chi connectivity index (χ3v) is 6.29. The maximum absolute atomic E-state index is 12.3. The molecule has 2 aromatic carbocycles. The standard InChI is InChI=1S/C23H23Cl2N5O2S/c1-3-12-30-20(10-11-26-22(32)16-6-9-18(24)19(25)13-16)28-29-23(30)33-14-21(31)27-17-7-4-15(2)5-8-17/h3-9,13H,1,10-12,14H2,2H3,(H,26,32)(H,27,31). The van der Waals surface area contributed by atoms with E-state index >= 15 is 0 Å². The molecule has 0 aliphatic carbocycles. The fourth-order valence-electron chi connectivity index (χ4n) is 2.91. The second kappa shape index (κ2) is 11.9. The van der Waals surface area contributed by atoms with Gasteiger partial charge in [-0.15, -0.1) is 16.8 Å². The van der Waals surface area contributed by atoms with Gasteiger partial charge in [0.25, 0.3) is 5.91 Å². The van der Waals surface area contributed by atoms with Crippen molar-refractivity contribution in [2.75, 3.05) is 17.6 Å². The number of amides is 2. The van der Waals surface area contributed by atoms with Gasteiger partial charge in [-0.05, 0) is 37.3 Å². The molecule has 3 aromatic rings.